The first-order valence-corrected chi connectivity index (χ1v) is 12.1. The Morgan fingerprint density at radius 3 is 2.39 bits per heavy atom. The summed E-state index contributed by atoms with van der Waals surface area (Å²) in [4.78, 5) is 46.3. The van der Waals surface area contributed by atoms with Crippen molar-refractivity contribution in [1.82, 2.24) is 0 Å². The monoisotopic (exact) mass is 490 g/mol. The summed E-state index contributed by atoms with van der Waals surface area (Å²) < 4.78 is 15.9. The van der Waals surface area contributed by atoms with E-state index in [0.717, 1.165) is 17.7 Å². The van der Waals surface area contributed by atoms with E-state index in [9.17, 15) is 14.4 Å². The van der Waals surface area contributed by atoms with Crippen LogP contribution in [0.2, 0.25) is 0 Å². The predicted molar refractivity (Wildman–Crippen MR) is 128 cm³/mol. The number of hydrogen-bond donors (Lipinski definition) is 0. The van der Waals surface area contributed by atoms with E-state index in [4.69, 9.17) is 19.0 Å². The summed E-state index contributed by atoms with van der Waals surface area (Å²) in [6.45, 7) is 2.01. The molecular weight excluding hydrogens is 464 g/mol. The number of carbonyl (C=O) groups is 3. The highest BCUT2D eigenvalue weighted by Gasteiger charge is 2.70. The molecule has 9 heteroatoms. The molecule has 6 atom stereocenters. The smallest absolute Gasteiger partial charge is 0.338 e. The van der Waals surface area contributed by atoms with Gasteiger partial charge in [0.25, 0.3) is 0 Å². The summed E-state index contributed by atoms with van der Waals surface area (Å²) in [5.74, 6) is -0.661. The van der Waals surface area contributed by atoms with Gasteiger partial charge in [-0.1, -0.05) is 5.16 Å². The topological polar surface area (TPSA) is 104 Å². The Morgan fingerprint density at radius 2 is 1.72 bits per heavy atom. The van der Waals surface area contributed by atoms with Crippen molar-refractivity contribution in [1.29, 1.82) is 0 Å². The molecule has 2 aromatic rings. The molecule has 2 amide bonds. The number of carbonyl (C=O) groups excluding carboxylic acids is 3. The number of nitrogens with zero attached hydrogens (tertiary/aromatic N) is 2. The minimum atomic E-state index is -0.441. The molecule has 2 aliphatic carbocycles. The number of fused-ring (bicyclic) bond motifs is 8. The maximum atomic E-state index is 13.6. The number of benzene rings is 2. The van der Waals surface area contributed by atoms with Gasteiger partial charge in [0.05, 0.1) is 49.6 Å². The lowest BCUT2D eigenvalue weighted by Gasteiger charge is -2.30. The number of oxime groups is 1. The molecule has 0 radical (unpaired) electrons. The van der Waals surface area contributed by atoms with Gasteiger partial charge in [0.2, 0.25) is 11.8 Å². The van der Waals surface area contributed by atoms with Crippen molar-refractivity contribution in [3.63, 3.8) is 0 Å². The summed E-state index contributed by atoms with van der Waals surface area (Å²) in [7, 11) is 3.18. The molecule has 0 aromatic heterocycles. The molecule has 186 valence electrons. The van der Waals surface area contributed by atoms with Crippen LogP contribution in [0.15, 0.2) is 47.6 Å². The molecule has 0 spiro atoms. The summed E-state index contributed by atoms with van der Waals surface area (Å²) in [6.07, 6.45) is 0.496. The highest BCUT2D eigenvalue weighted by atomic mass is 16.6. The molecular formula is C27H26N2O7. The highest BCUT2D eigenvalue weighted by Crippen LogP contribution is 2.62. The predicted octanol–water partition coefficient (Wildman–Crippen LogP) is 3.06. The lowest BCUT2D eigenvalue weighted by Crippen LogP contribution is -2.41. The maximum absolute atomic E-state index is 13.6. The second-order valence-electron chi connectivity index (χ2n) is 9.53. The van der Waals surface area contributed by atoms with E-state index in [1.165, 1.54) is 4.90 Å². The standard InChI is InChI=1S/C27H26N2O7/c1-4-35-27(32)13-5-7-14(8-6-13)29-25(30)20-17-12-18(21(20)26(29)31)24-22(17)23(28-36-24)16-10-9-15(33-2)11-19(16)34-3/h5-11,17-18,20-22,24H,4,12H2,1-3H3/t17-,18-,20+,21-,22-,24-/m1/s1. The van der Waals surface area contributed by atoms with Crippen LogP contribution in [-0.4, -0.2) is 50.4 Å². The van der Waals surface area contributed by atoms with E-state index < -0.39 is 17.8 Å². The van der Waals surface area contributed by atoms with Gasteiger partial charge >= 0.3 is 5.97 Å². The lowest BCUT2D eigenvalue weighted by atomic mass is 9.71. The molecule has 1 saturated heterocycles. The molecule has 0 unspecified atom stereocenters. The van der Waals surface area contributed by atoms with E-state index >= 15 is 0 Å². The van der Waals surface area contributed by atoms with Crippen LogP contribution in [0.5, 0.6) is 11.5 Å². The van der Waals surface area contributed by atoms with Crippen LogP contribution in [0.3, 0.4) is 0 Å². The second kappa shape index (κ2) is 8.36. The first-order valence-electron chi connectivity index (χ1n) is 12.1. The number of hydrogen-bond acceptors (Lipinski definition) is 8. The van der Waals surface area contributed by atoms with Crippen LogP contribution in [0, 0.1) is 29.6 Å². The van der Waals surface area contributed by atoms with Crippen molar-refractivity contribution in [2.75, 3.05) is 25.7 Å². The fourth-order valence-electron chi connectivity index (χ4n) is 6.57. The fourth-order valence-corrected chi connectivity index (χ4v) is 6.57. The molecule has 2 saturated carbocycles. The average molecular weight is 491 g/mol. The first-order chi connectivity index (χ1) is 17.5. The Morgan fingerprint density at radius 1 is 1.00 bits per heavy atom. The van der Waals surface area contributed by atoms with Crippen molar-refractivity contribution in [3.05, 3.63) is 53.6 Å². The van der Waals surface area contributed by atoms with Gasteiger partial charge < -0.3 is 19.0 Å². The van der Waals surface area contributed by atoms with E-state index in [1.807, 2.05) is 12.1 Å². The van der Waals surface area contributed by atoms with E-state index in [2.05, 4.69) is 5.16 Å². The van der Waals surface area contributed by atoms with Crippen LogP contribution < -0.4 is 14.4 Å². The van der Waals surface area contributed by atoms with Crippen molar-refractivity contribution in [3.8, 4) is 11.5 Å². The van der Waals surface area contributed by atoms with Crippen molar-refractivity contribution in [2.24, 2.45) is 34.7 Å². The number of ether oxygens (including phenoxy) is 3. The SMILES string of the molecule is CCOC(=O)c1ccc(N2C(=O)[C@@H]3[C@H]4C[C@@H]([C@@H]5C(c6ccc(OC)cc6OC)=NO[C@H]45)[C@@H]3C2=O)cc1. The van der Waals surface area contributed by atoms with Gasteiger partial charge in [-0.05, 0) is 55.7 Å². The molecule has 36 heavy (non-hydrogen) atoms. The van der Waals surface area contributed by atoms with Crippen LogP contribution >= 0.6 is 0 Å². The van der Waals surface area contributed by atoms with Gasteiger partial charge in [-0.3, -0.25) is 14.5 Å². The van der Waals surface area contributed by atoms with Crippen LogP contribution in [0.4, 0.5) is 5.69 Å². The Hall–Kier alpha value is -3.88. The number of amides is 2. The molecule has 2 aliphatic heterocycles. The zero-order chi connectivity index (χ0) is 25.1. The second-order valence-corrected chi connectivity index (χ2v) is 9.53. The third kappa shape index (κ3) is 3.08. The Balaban J connectivity index is 1.29. The number of anilines is 1. The Labute approximate surface area is 207 Å². The molecule has 2 heterocycles. The summed E-state index contributed by atoms with van der Waals surface area (Å²) in [5, 5.41) is 4.41. The maximum Gasteiger partial charge on any atom is 0.338 e. The number of imide groups is 1. The van der Waals surface area contributed by atoms with Crippen LogP contribution in [0.25, 0.3) is 0 Å². The zero-order valence-corrected chi connectivity index (χ0v) is 20.2. The molecule has 3 fully saturated rings. The number of rotatable bonds is 6. The molecule has 2 bridgehead atoms. The van der Waals surface area contributed by atoms with Gasteiger partial charge in [0.15, 0.2) is 0 Å². The van der Waals surface area contributed by atoms with Gasteiger partial charge in [0.1, 0.15) is 17.6 Å². The molecule has 9 nitrogen and oxygen atoms in total. The number of methoxy groups -OCH3 is 2. The van der Waals surface area contributed by atoms with Gasteiger partial charge in [0, 0.05) is 23.5 Å². The number of esters is 1. The molecule has 4 aliphatic rings. The molecule has 6 rings (SSSR count). The van der Waals surface area contributed by atoms with Crippen LogP contribution in [-0.2, 0) is 19.2 Å². The quantitative estimate of drug-likeness (QED) is 0.453. The third-order valence-electron chi connectivity index (χ3n) is 8.01. The Kier molecular flexibility index (Phi) is 5.24. The van der Waals surface area contributed by atoms with Crippen molar-refractivity contribution in [2.45, 2.75) is 19.4 Å². The van der Waals surface area contributed by atoms with E-state index in [-0.39, 0.29) is 42.3 Å². The van der Waals surface area contributed by atoms with Gasteiger partial charge in [-0.25, -0.2) is 4.79 Å². The molecule has 0 N–H and O–H groups in total. The average Bonchev–Trinajstić information content (AvgIpc) is 3.64. The summed E-state index contributed by atoms with van der Waals surface area (Å²) in [5.41, 5.74) is 2.39. The van der Waals surface area contributed by atoms with E-state index in [1.54, 1.807) is 51.5 Å². The van der Waals surface area contributed by atoms with Crippen molar-refractivity contribution < 1.29 is 33.4 Å². The minimum Gasteiger partial charge on any atom is -0.497 e. The summed E-state index contributed by atoms with van der Waals surface area (Å²) in [6, 6.07) is 11.9. The van der Waals surface area contributed by atoms with Gasteiger partial charge in [-0.2, -0.15) is 0 Å². The first kappa shape index (κ1) is 22.6. The Bertz CT molecular complexity index is 1290. The highest BCUT2D eigenvalue weighted by molar-refractivity contribution is 6.23. The van der Waals surface area contributed by atoms with Gasteiger partial charge in [-0.15, -0.1) is 0 Å². The van der Waals surface area contributed by atoms with Crippen molar-refractivity contribution >= 4 is 29.2 Å². The fraction of sp³-hybridized carbons (Fsp3) is 0.407. The largest absolute Gasteiger partial charge is 0.497 e. The molecule has 2 aromatic carbocycles. The third-order valence-corrected chi connectivity index (χ3v) is 8.01. The van der Waals surface area contributed by atoms with E-state index in [0.29, 0.717) is 22.7 Å². The summed E-state index contributed by atoms with van der Waals surface area (Å²) >= 11 is 0. The minimum absolute atomic E-state index is 0.0571. The normalized spacial score (nSPS) is 29.5. The van der Waals surface area contributed by atoms with Crippen LogP contribution in [0.1, 0.15) is 29.3 Å². The lowest BCUT2D eigenvalue weighted by molar-refractivity contribution is -0.125. The zero-order valence-electron chi connectivity index (χ0n) is 20.2.